The van der Waals surface area contributed by atoms with Crippen LogP contribution in [0.3, 0.4) is 0 Å². The molecule has 0 aliphatic heterocycles. The van der Waals surface area contributed by atoms with Crippen LogP contribution in [0.15, 0.2) is 22.8 Å². The van der Waals surface area contributed by atoms with E-state index in [-0.39, 0.29) is 17.6 Å². The molecular formula is C20H25NO2. The summed E-state index contributed by atoms with van der Waals surface area (Å²) in [6.45, 7) is 2.22. The van der Waals surface area contributed by atoms with Crippen molar-refractivity contribution in [2.75, 3.05) is 0 Å². The third-order valence-corrected chi connectivity index (χ3v) is 7.43. The minimum atomic E-state index is -0.804. The van der Waals surface area contributed by atoms with Crippen molar-refractivity contribution >= 4 is 5.78 Å². The Morgan fingerprint density at radius 3 is 2.87 bits per heavy atom. The molecule has 0 saturated heterocycles. The van der Waals surface area contributed by atoms with Crippen LogP contribution in [-0.2, 0) is 4.79 Å². The fourth-order valence-electron chi connectivity index (χ4n) is 6.06. The van der Waals surface area contributed by atoms with Gasteiger partial charge in [-0.1, -0.05) is 12.5 Å². The van der Waals surface area contributed by atoms with Gasteiger partial charge in [0.05, 0.1) is 18.1 Å². The normalized spacial score (nSPS) is 42.5. The Kier molecular flexibility index (Phi) is 3.32. The Bertz CT molecular complexity index is 668. The Morgan fingerprint density at radius 2 is 2.09 bits per heavy atom. The van der Waals surface area contributed by atoms with Gasteiger partial charge in [-0.05, 0) is 74.0 Å². The number of fused-ring (bicyclic) bond motifs is 4. The molecule has 3 nitrogen and oxygen atoms in total. The predicted octanol–water partition coefficient (Wildman–Crippen LogP) is 3.84. The van der Waals surface area contributed by atoms with E-state index < -0.39 is 5.60 Å². The molecule has 0 spiro atoms. The zero-order valence-corrected chi connectivity index (χ0v) is 13.9. The molecule has 0 aromatic heterocycles. The van der Waals surface area contributed by atoms with Crippen molar-refractivity contribution < 1.29 is 9.90 Å². The van der Waals surface area contributed by atoms with Crippen LogP contribution >= 0.6 is 0 Å². The van der Waals surface area contributed by atoms with Gasteiger partial charge in [0.1, 0.15) is 0 Å². The topological polar surface area (TPSA) is 61.1 Å². The number of nitrogens with zero attached hydrogens (tertiary/aromatic N) is 1. The molecule has 0 amide bonds. The molecule has 1 N–H and O–H groups in total. The summed E-state index contributed by atoms with van der Waals surface area (Å²) in [5.41, 5.74) is 3.42. The van der Waals surface area contributed by atoms with E-state index in [1.54, 1.807) is 5.57 Å². The second-order valence-corrected chi connectivity index (χ2v) is 8.21. The summed E-state index contributed by atoms with van der Waals surface area (Å²) in [6.07, 6.45) is 9.67. The summed E-state index contributed by atoms with van der Waals surface area (Å²) in [5, 5.41) is 20.3. The fraction of sp³-hybridized carbons (Fsp3) is 0.700. The van der Waals surface area contributed by atoms with Crippen LogP contribution in [0.1, 0.15) is 64.7 Å². The Hall–Kier alpha value is -1.40. The van der Waals surface area contributed by atoms with Gasteiger partial charge < -0.3 is 5.11 Å². The quantitative estimate of drug-likeness (QED) is 0.800. The predicted molar refractivity (Wildman–Crippen MR) is 87.3 cm³/mol. The van der Waals surface area contributed by atoms with Crippen molar-refractivity contribution in [2.24, 2.45) is 17.3 Å². The minimum absolute atomic E-state index is 0.122. The first-order valence-electron chi connectivity index (χ1n) is 9.03. The SMILES string of the molecule is C[C@]12CCC3=C4CCC(=O)C=C4CC[C@@H]3[C@H]1CC[C@]2(O)CC#N. The van der Waals surface area contributed by atoms with E-state index in [0.717, 1.165) is 44.9 Å². The number of hydrogen-bond acceptors (Lipinski definition) is 3. The van der Waals surface area contributed by atoms with Crippen LogP contribution in [0.2, 0.25) is 0 Å². The maximum absolute atomic E-state index is 11.7. The van der Waals surface area contributed by atoms with E-state index in [1.807, 2.05) is 6.08 Å². The summed E-state index contributed by atoms with van der Waals surface area (Å²) in [5.74, 6) is 1.34. The van der Waals surface area contributed by atoms with Crippen molar-refractivity contribution in [1.29, 1.82) is 5.26 Å². The lowest BCUT2D eigenvalue weighted by Gasteiger charge is -2.51. The molecule has 0 bridgehead atoms. The zero-order valence-electron chi connectivity index (χ0n) is 13.9. The summed E-state index contributed by atoms with van der Waals surface area (Å²) in [4.78, 5) is 11.7. The largest absolute Gasteiger partial charge is 0.388 e. The number of allylic oxidation sites excluding steroid dienone is 4. The van der Waals surface area contributed by atoms with Gasteiger partial charge in [0.2, 0.25) is 0 Å². The third kappa shape index (κ3) is 2.01. The van der Waals surface area contributed by atoms with Gasteiger partial charge in [0.25, 0.3) is 0 Å². The molecule has 0 heterocycles. The van der Waals surface area contributed by atoms with Crippen molar-refractivity contribution in [1.82, 2.24) is 0 Å². The van der Waals surface area contributed by atoms with E-state index in [4.69, 9.17) is 5.26 Å². The zero-order chi connectivity index (χ0) is 16.2. The molecule has 23 heavy (non-hydrogen) atoms. The molecule has 4 aliphatic carbocycles. The van der Waals surface area contributed by atoms with E-state index in [0.29, 0.717) is 18.3 Å². The first-order chi connectivity index (χ1) is 11.0. The number of ketones is 1. The van der Waals surface area contributed by atoms with Crippen molar-refractivity contribution in [3.05, 3.63) is 22.8 Å². The molecule has 0 radical (unpaired) electrons. The van der Waals surface area contributed by atoms with Gasteiger partial charge in [0.15, 0.2) is 5.78 Å². The maximum Gasteiger partial charge on any atom is 0.156 e. The summed E-state index contributed by atoms with van der Waals surface area (Å²) in [7, 11) is 0. The van der Waals surface area contributed by atoms with E-state index >= 15 is 0 Å². The number of rotatable bonds is 1. The highest BCUT2D eigenvalue weighted by Gasteiger charge is 2.60. The smallest absolute Gasteiger partial charge is 0.156 e. The second-order valence-electron chi connectivity index (χ2n) is 8.21. The van der Waals surface area contributed by atoms with Crippen LogP contribution in [-0.4, -0.2) is 16.5 Å². The molecule has 4 rings (SSSR count). The van der Waals surface area contributed by atoms with Crippen LogP contribution in [0, 0.1) is 28.6 Å². The van der Waals surface area contributed by atoms with Gasteiger partial charge >= 0.3 is 0 Å². The maximum atomic E-state index is 11.7. The Morgan fingerprint density at radius 1 is 1.26 bits per heavy atom. The first-order valence-corrected chi connectivity index (χ1v) is 9.03. The molecule has 0 unspecified atom stereocenters. The summed E-state index contributed by atoms with van der Waals surface area (Å²) >= 11 is 0. The van der Waals surface area contributed by atoms with Crippen LogP contribution < -0.4 is 0 Å². The molecule has 4 atom stereocenters. The second kappa shape index (κ2) is 5.05. The molecular weight excluding hydrogens is 286 g/mol. The first kappa shape index (κ1) is 15.1. The van der Waals surface area contributed by atoms with Gasteiger partial charge in [-0.15, -0.1) is 0 Å². The molecule has 3 heteroatoms. The highest BCUT2D eigenvalue weighted by molar-refractivity contribution is 5.93. The Balaban J connectivity index is 1.72. The van der Waals surface area contributed by atoms with E-state index in [9.17, 15) is 9.90 Å². The van der Waals surface area contributed by atoms with Crippen molar-refractivity contribution in [3.63, 3.8) is 0 Å². The highest BCUT2D eigenvalue weighted by atomic mass is 16.3. The Labute approximate surface area is 138 Å². The van der Waals surface area contributed by atoms with Crippen molar-refractivity contribution in [3.8, 4) is 6.07 Å². The van der Waals surface area contributed by atoms with E-state index in [2.05, 4.69) is 13.0 Å². The molecule has 2 saturated carbocycles. The minimum Gasteiger partial charge on any atom is -0.388 e. The van der Waals surface area contributed by atoms with Crippen LogP contribution in [0.5, 0.6) is 0 Å². The van der Waals surface area contributed by atoms with Gasteiger partial charge in [-0.25, -0.2) is 0 Å². The number of carbonyl (C=O) groups excluding carboxylic acids is 1. The monoisotopic (exact) mass is 311 g/mol. The van der Waals surface area contributed by atoms with Crippen LogP contribution in [0.4, 0.5) is 0 Å². The van der Waals surface area contributed by atoms with E-state index in [1.165, 1.54) is 11.1 Å². The third-order valence-electron chi connectivity index (χ3n) is 7.43. The molecule has 0 aromatic carbocycles. The molecule has 122 valence electrons. The molecule has 4 aliphatic rings. The standard InChI is InChI=1S/C20H25NO2/c1-19-8-6-16-15-5-3-14(22)12-13(15)2-4-17(16)18(19)7-9-20(19,23)10-11-21/h12,17-18,23H,2-10H2,1H3/t17-,18+,19-,20-/m0/s1. The summed E-state index contributed by atoms with van der Waals surface area (Å²) in [6, 6.07) is 2.22. The average molecular weight is 311 g/mol. The lowest BCUT2D eigenvalue weighted by atomic mass is 9.54. The lowest BCUT2D eigenvalue weighted by Crippen LogP contribution is -2.49. The number of carbonyl (C=O) groups is 1. The van der Waals surface area contributed by atoms with Gasteiger partial charge in [0, 0.05) is 11.8 Å². The number of aliphatic hydroxyl groups is 1. The number of hydrogen-bond donors (Lipinski definition) is 1. The van der Waals surface area contributed by atoms with Crippen LogP contribution in [0.25, 0.3) is 0 Å². The number of nitriles is 1. The van der Waals surface area contributed by atoms with Crippen molar-refractivity contribution in [2.45, 2.75) is 70.3 Å². The molecule has 2 fully saturated rings. The lowest BCUT2D eigenvalue weighted by molar-refractivity contribution is -0.114. The van der Waals surface area contributed by atoms with Gasteiger partial charge in [-0.3, -0.25) is 4.79 Å². The highest BCUT2D eigenvalue weighted by Crippen LogP contribution is 2.64. The summed E-state index contributed by atoms with van der Waals surface area (Å²) < 4.78 is 0. The fourth-order valence-corrected chi connectivity index (χ4v) is 6.06. The van der Waals surface area contributed by atoms with Gasteiger partial charge in [-0.2, -0.15) is 5.26 Å². The average Bonchev–Trinajstić information content (AvgIpc) is 2.79. The molecule has 0 aromatic rings.